The molecule has 7 heavy (non-hydrogen) atoms. The Bertz CT molecular complexity index is 23.7. The molecule has 0 saturated carbocycles. The molecule has 38 valence electrons. The van der Waals surface area contributed by atoms with E-state index in [0.29, 0.717) is 6.61 Å². The first-order valence-electron chi connectivity index (χ1n) is 2.15. The molecule has 0 bridgehead atoms. The summed E-state index contributed by atoms with van der Waals surface area (Å²) in [7, 11) is 0. The van der Waals surface area contributed by atoms with Gasteiger partial charge in [0.2, 0.25) is 0 Å². The van der Waals surface area contributed by atoms with Crippen LogP contribution in [0.3, 0.4) is 0 Å². The monoisotopic (exact) mass is 132 g/mol. The molecule has 3 heteroatoms. The van der Waals surface area contributed by atoms with Crippen molar-refractivity contribution in [2.75, 3.05) is 6.61 Å². The maximum atomic E-state index is 4.88. The first-order chi connectivity index (χ1) is 2.91. The predicted octanol–water partition coefficient (Wildman–Crippen LogP) is 1.58. The molecule has 0 N–H and O–H groups in total. The molecule has 0 atom stereocenters. The van der Waals surface area contributed by atoms with E-state index in [4.69, 9.17) is 11.9 Å². The molecule has 0 heterocycles. The molecular weight excluding hydrogens is 124 g/mol. The van der Waals surface area contributed by atoms with Gasteiger partial charge in [-0.25, -0.2) is 0 Å². The molecule has 0 aromatic heterocycles. The Morgan fingerprint density at radius 3 is 2.29 bits per heavy atom. The van der Waals surface area contributed by atoms with Crippen molar-refractivity contribution in [2.45, 2.75) is 19.8 Å². The van der Waals surface area contributed by atoms with Gasteiger partial charge >= 0.3 is 23.1 Å². The van der Waals surface area contributed by atoms with E-state index in [1.165, 1.54) is 0 Å². The van der Waals surface area contributed by atoms with Crippen LogP contribution in [0, 0.1) is 0 Å². The molecule has 0 aromatic rings. The normalized spacial score (nSPS) is 7.71. The zero-order valence-corrected chi connectivity index (χ0v) is 6.78. The van der Waals surface area contributed by atoms with Crippen LogP contribution in [0.5, 0.6) is 0 Å². The van der Waals surface area contributed by atoms with Crippen molar-refractivity contribution in [3.8, 4) is 0 Å². The third kappa shape index (κ3) is 10.9. The van der Waals surface area contributed by atoms with E-state index in [0.717, 1.165) is 12.8 Å². The molecule has 0 fully saturated rings. The zero-order chi connectivity index (χ0) is 4.83. The largest absolute Gasteiger partial charge is 2.00 e. The van der Waals surface area contributed by atoms with Crippen LogP contribution >= 0.6 is 11.9 Å². The minimum atomic E-state index is 0. The Labute approximate surface area is 65.7 Å². The van der Waals surface area contributed by atoms with Crippen molar-refractivity contribution in [3.05, 3.63) is 0 Å². The standard InChI is InChI=1S/C4H9ClO.Mg/c1-2-3-4-6-5;/h2-4H2,1H3;/q;+2. The summed E-state index contributed by atoms with van der Waals surface area (Å²) < 4.78 is 4.25. The smallest absolute Gasteiger partial charge is 0.279 e. The topological polar surface area (TPSA) is 9.23 Å². The van der Waals surface area contributed by atoms with Gasteiger partial charge in [-0.05, 0) is 6.42 Å². The quantitative estimate of drug-likeness (QED) is 0.419. The first kappa shape index (κ1) is 10.9. The molecule has 0 aromatic carbocycles. The van der Waals surface area contributed by atoms with Crippen LogP contribution in [-0.2, 0) is 4.29 Å². The number of halogens is 1. The fraction of sp³-hybridized carbons (Fsp3) is 1.00. The van der Waals surface area contributed by atoms with Crippen molar-refractivity contribution in [3.63, 3.8) is 0 Å². The summed E-state index contributed by atoms with van der Waals surface area (Å²) in [5.41, 5.74) is 0. The van der Waals surface area contributed by atoms with Gasteiger partial charge in [-0.1, -0.05) is 13.3 Å². The van der Waals surface area contributed by atoms with E-state index in [9.17, 15) is 0 Å². The summed E-state index contributed by atoms with van der Waals surface area (Å²) in [5.74, 6) is 0. The van der Waals surface area contributed by atoms with Crippen molar-refractivity contribution in [1.29, 1.82) is 0 Å². The molecule has 0 aliphatic carbocycles. The Kier molecular flexibility index (Phi) is 15.7. The van der Waals surface area contributed by atoms with E-state index in [2.05, 4.69) is 11.2 Å². The van der Waals surface area contributed by atoms with Crippen LogP contribution in [0.2, 0.25) is 0 Å². The summed E-state index contributed by atoms with van der Waals surface area (Å²) in [6.45, 7) is 2.77. The van der Waals surface area contributed by atoms with Crippen molar-refractivity contribution < 1.29 is 4.29 Å². The molecule has 0 amide bonds. The second kappa shape index (κ2) is 10.1. The second-order valence-corrected chi connectivity index (χ2v) is 1.39. The van der Waals surface area contributed by atoms with Crippen LogP contribution in [0.15, 0.2) is 0 Å². The van der Waals surface area contributed by atoms with E-state index >= 15 is 0 Å². The molecule has 0 rings (SSSR count). The van der Waals surface area contributed by atoms with Gasteiger partial charge in [0.05, 0.1) is 18.5 Å². The van der Waals surface area contributed by atoms with Crippen LogP contribution in [0.25, 0.3) is 0 Å². The van der Waals surface area contributed by atoms with Crippen molar-refractivity contribution >= 4 is 34.9 Å². The molecular formula is C4H9ClMgO+2. The third-order valence-corrected chi connectivity index (χ3v) is 0.729. The summed E-state index contributed by atoms with van der Waals surface area (Å²) >= 11 is 4.88. The van der Waals surface area contributed by atoms with Crippen molar-refractivity contribution in [1.82, 2.24) is 0 Å². The Hall–Kier alpha value is 1.02. The molecule has 0 aliphatic rings. The average molecular weight is 133 g/mol. The Balaban J connectivity index is 0. The van der Waals surface area contributed by atoms with E-state index in [1.807, 2.05) is 0 Å². The summed E-state index contributed by atoms with van der Waals surface area (Å²) in [6.07, 6.45) is 2.20. The summed E-state index contributed by atoms with van der Waals surface area (Å²) in [5, 5.41) is 0. The molecule has 0 spiro atoms. The Morgan fingerprint density at radius 2 is 2.14 bits per heavy atom. The first-order valence-corrected chi connectivity index (χ1v) is 2.46. The van der Waals surface area contributed by atoms with Crippen LogP contribution in [0.4, 0.5) is 0 Å². The molecule has 0 saturated heterocycles. The Morgan fingerprint density at radius 1 is 1.57 bits per heavy atom. The molecule has 0 unspecified atom stereocenters. The second-order valence-electron chi connectivity index (χ2n) is 1.17. The SMILES string of the molecule is CCCCOCl.[Mg+2]. The van der Waals surface area contributed by atoms with E-state index < -0.39 is 0 Å². The fourth-order valence-electron chi connectivity index (χ4n) is 0.199. The van der Waals surface area contributed by atoms with Crippen molar-refractivity contribution in [2.24, 2.45) is 0 Å². The fourth-order valence-corrected chi connectivity index (χ4v) is 0.308. The van der Waals surface area contributed by atoms with Crippen LogP contribution in [-0.4, -0.2) is 29.7 Å². The number of hydrogen-bond acceptors (Lipinski definition) is 1. The van der Waals surface area contributed by atoms with Gasteiger partial charge in [-0.3, -0.25) is 4.29 Å². The minimum Gasteiger partial charge on any atom is -0.279 e. The maximum absolute atomic E-state index is 4.88. The van der Waals surface area contributed by atoms with E-state index in [-0.39, 0.29) is 23.1 Å². The van der Waals surface area contributed by atoms with Gasteiger partial charge in [-0.2, -0.15) is 0 Å². The van der Waals surface area contributed by atoms with E-state index in [1.54, 1.807) is 0 Å². The average Bonchev–Trinajstić information content (AvgIpc) is 1.61. The maximum Gasteiger partial charge on any atom is 2.00 e. The molecule has 0 aliphatic heterocycles. The number of hydrogen-bond donors (Lipinski definition) is 0. The van der Waals surface area contributed by atoms with Gasteiger partial charge in [0.15, 0.2) is 0 Å². The van der Waals surface area contributed by atoms with Gasteiger partial charge in [-0.15, -0.1) is 0 Å². The van der Waals surface area contributed by atoms with Gasteiger partial charge < -0.3 is 0 Å². The third-order valence-electron chi connectivity index (χ3n) is 0.575. The molecule has 0 radical (unpaired) electrons. The summed E-state index contributed by atoms with van der Waals surface area (Å²) in [4.78, 5) is 0. The van der Waals surface area contributed by atoms with Crippen LogP contribution < -0.4 is 0 Å². The van der Waals surface area contributed by atoms with Gasteiger partial charge in [0, 0.05) is 0 Å². The predicted molar refractivity (Wildman–Crippen MR) is 32.5 cm³/mol. The van der Waals surface area contributed by atoms with Gasteiger partial charge in [0.25, 0.3) is 0 Å². The number of unbranched alkanes of at least 4 members (excludes halogenated alkanes) is 1. The van der Waals surface area contributed by atoms with Crippen LogP contribution in [0.1, 0.15) is 19.8 Å². The van der Waals surface area contributed by atoms with Gasteiger partial charge in [0.1, 0.15) is 0 Å². The molecule has 1 nitrogen and oxygen atoms in total. The summed E-state index contributed by atoms with van der Waals surface area (Å²) in [6, 6.07) is 0. The minimum absolute atomic E-state index is 0. The zero-order valence-electron chi connectivity index (χ0n) is 4.61. The number of rotatable bonds is 3.